The Kier molecular flexibility index (Phi) is 0.677. The third-order valence-corrected chi connectivity index (χ3v) is 1.16. The van der Waals surface area contributed by atoms with Crippen molar-refractivity contribution in [2.45, 2.75) is 0 Å². The number of aromatic nitrogens is 2. The van der Waals surface area contributed by atoms with Crippen LogP contribution in [0.2, 0.25) is 0 Å². The Morgan fingerprint density at radius 2 is 2.56 bits per heavy atom. The molecule has 0 spiro atoms. The van der Waals surface area contributed by atoms with E-state index in [0.29, 0.717) is 5.95 Å². The van der Waals surface area contributed by atoms with Crippen molar-refractivity contribution < 1.29 is 4.79 Å². The molecule has 9 heavy (non-hydrogen) atoms. The Hall–Kier alpha value is -1.32. The second kappa shape index (κ2) is 1.34. The normalized spacial score (nSPS) is 15.3. The molecule has 0 unspecified atom stereocenters. The molecule has 1 aromatic rings. The number of hydrogen-bond acceptors (Lipinski definition) is 2. The van der Waals surface area contributed by atoms with Gasteiger partial charge in [-0.15, -0.1) is 0 Å². The number of fused-ring (bicyclic) bond motifs is 1. The van der Waals surface area contributed by atoms with Gasteiger partial charge in [0.2, 0.25) is 5.95 Å². The van der Waals surface area contributed by atoms with Crippen LogP contribution in [0.15, 0.2) is 12.4 Å². The molecular formula is C5H4N3O. The summed E-state index contributed by atoms with van der Waals surface area (Å²) >= 11 is 0. The van der Waals surface area contributed by atoms with Crippen LogP contribution >= 0.6 is 0 Å². The molecule has 4 heteroatoms. The second-order valence-electron chi connectivity index (χ2n) is 1.78. The number of rotatable bonds is 0. The van der Waals surface area contributed by atoms with Gasteiger partial charge in [0.25, 0.3) is 5.91 Å². The molecule has 0 bridgehead atoms. The average Bonchev–Trinajstić information content (AvgIpc) is 2.22. The van der Waals surface area contributed by atoms with E-state index in [1.807, 2.05) is 0 Å². The number of hydrogen-bond donors (Lipinski definition) is 1. The summed E-state index contributed by atoms with van der Waals surface area (Å²) in [7, 11) is 0. The van der Waals surface area contributed by atoms with Crippen LogP contribution in [-0.2, 0) is 4.79 Å². The van der Waals surface area contributed by atoms with Gasteiger partial charge in [0.05, 0.1) is 0 Å². The summed E-state index contributed by atoms with van der Waals surface area (Å²) in [6.07, 6.45) is 3.35. The Morgan fingerprint density at radius 1 is 1.67 bits per heavy atom. The van der Waals surface area contributed by atoms with Crippen LogP contribution in [-0.4, -0.2) is 15.5 Å². The maximum atomic E-state index is 10.5. The van der Waals surface area contributed by atoms with E-state index in [0.717, 1.165) is 0 Å². The molecule has 45 valence electrons. The Morgan fingerprint density at radius 3 is 3.33 bits per heavy atom. The summed E-state index contributed by atoms with van der Waals surface area (Å²) < 4.78 is 1.64. The molecule has 2 heterocycles. The van der Waals surface area contributed by atoms with E-state index >= 15 is 0 Å². The molecule has 0 saturated carbocycles. The molecule has 0 aromatic carbocycles. The van der Waals surface area contributed by atoms with E-state index in [2.05, 4.69) is 10.3 Å². The summed E-state index contributed by atoms with van der Waals surface area (Å²) in [4.78, 5) is 14.4. The fraction of sp³-hybridized carbons (Fsp3) is 0. The van der Waals surface area contributed by atoms with Crippen molar-refractivity contribution in [3.63, 3.8) is 0 Å². The molecule has 1 aliphatic heterocycles. The maximum absolute atomic E-state index is 10.5. The molecule has 1 aliphatic rings. The topological polar surface area (TPSA) is 46.9 Å². The molecule has 1 N–H and O–H groups in total. The van der Waals surface area contributed by atoms with Crippen LogP contribution in [0.4, 0.5) is 5.95 Å². The van der Waals surface area contributed by atoms with Gasteiger partial charge in [0.15, 0.2) is 0 Å². The van der Waals surface area contributed by atoms with Crippen molar-refractivity contribution in [2.24, 2.45) is 0 Å². The Balaban J connectivity index is 2.49. The average molecular weight is 122 g/mol. The minimum atomic E-state index is -0.113. The van der Waals surface area contributed by atoms with Crippen LogP contribution < -0.4 is 5.32 Å². The zero-order chi connectivity index (χ0) is 6.27. The lowest BCUT2D eigenvalue weighted by atomic mass is 10.6. The maximum Gasteiger partial charge on any atom is 0.252 e. The lowest BCUT2D eigenvalue weighted by Gasteiger charge is -1.84. The molecule has 0 aliphatic carbocycles. The molecule has 0 atom stereocenters. The first-order valence-electron chi connectivity index (χ1n) is 2.55. The van der Waals surface area contributed by atoms with Gasteiger partial charge < -0.3 is 4.57 Å². The van der Waals surface area contributed by atoms with E-state index in [9.17, 15) is 4.79 Å². The third kappa shape index (κ3) is 0.526. The molecule has 0 saturated heterocycles. The van der Waals surface area contributed by atoms with Gasteiger partial charge in [0.1, 0.15) is 6.54 Å². The van der Waals surface area contributed by atoms with Crippen molar-refractivity contribution in [1.29, 1.82) is 0 Å². The standard InChI is InChI=1S/C5H4N3O/c9-4-3-8-2-1-6-5(8)7-4/h1-3H,(H,6,7,9). The molecule has 1 amide bonds. The first kappa shape index (κ1) is 4.55. The zero-order valence-electron chi connectivity index (χ0n) is 4.53. The van der Waals surface area contributed by atoms with Crippen LogP contribution in [0.3, 0.4) is 0 Å². The van der Waals surface area contributed by atoms with E-state index in [1.165, 1.54) is 6.54 Å². The van der Waals surface area contributed by atoms with Gasteiger partial charge in [-0.1, -0.05) is 0 Å². The number of nitrogens with one attached hydrogen (secondary N) is 1. The first-order chi connectivity index (χ1) is 4.36. The minimum absolute atomic E-state index is 0.113. The quantitative estimate of drug-likeness (QED) is 0.520. The molecular weight excluding hydrogens is 118 g/mol. The van der Waals surface area contributed by atoms with Crippen molar-refractivity contribution in [2.75, 3.05) is 5.32 Å². The summed E-state index contributed by atoms with van der Waals surface area (Å²) in [5, 5.41) is 2.53. The largest absolute Gasteiger partial charge is 0.302 e. The summed E-state index contributed by atoms with van der Waals surface area (Å²) in [6, 6.07) is 0. The minimum Gasteiger partial charge on any atom is -0.302 e. The van der Waals surface area contributed by atoms with Crippen molar-refractivity contribution in [3.05, 3.63) is 18.9 Å². The summed E-state index contributed by atoms with van der Waals surface area (Å²) in [5.74, 6) is 0.484. The monoisotopic (exact) mass is 122 g/mol. The highest BCUT2D eigenvalue weighted by molar-refractivity contribution is 5.99. The molecule has 4 nitrogen and oxygen atoms in total. The lowest BCUT2D eigenvalue weighted by Crippen LogP contribution is -2.03. The Bertz CT molecular complexity index is 230. The molecule has 0 fully saturated rings. The van der Waals surface area contributed by atoms with Crippen LogP contribution in [0.1, 0.15) is 0 Å². The fourth-order valence-electron chi connectivity index (χ4n) is 0.783. The smallest absolute Gasteiger partial charge is 0.252 e. The summed E-state index contributed by atoms with van der Waals surface area (Å²) in [6.45, 7) is 1.45. The number of carbonyl (C=O) groups excluding carboxylic acids is 1. The van der Waals surface area contributed by atoms with Gasteiger partial charge in [-0.05, 0) is 0 Å². The van der Waals surface area contributed by atoms with Crippen LogP contribution in [0.25, 0.3) is 0 Å². The van der Waals surface area contributed by atoms with Gasteiger partial charge in [0, 0.05) is 12.4 Å². The highest BCUT2D eigenvalue weighted by atomic mass is 16.2. The highest BCUT2D eigenvalue weighted by Gasteiger charge is 2.16. The molecule has 1 radical (unpaired) electrons. The van der Waals surface area contributed by atoms with E-state index in [-0.39, 0.29) is 5.91 Å². The number of nitrogens with zero attached hydrogens (tertiary/aromatic N) is 2. The van der Waals surface area contributed by atoms with Gasteiger partial charge in [-0.2, -0.15) is 0 Å². The molecule has 1 aromatic heterocycles. The predicted molar refractivity (Wildman–Crippen MR) is 30.6 cm³/mol. The predicted octanol–water partition coefficient (Wildman–Crippen LogP) is -0.155. The zero-order valence-corrected chi connectivity index (χ0v) is 4.53. The van der Waals surface area contributed by atoms with Crippen molar-refractivity contribution in [3.8, 4) is 0 Å². The van der Waals surface area contributed by atoms with E-state index in [1.54, 1.807) is 17.0 Å². The summed E-state index contributed by atoms with van der Waals surface area (Å²) in [5.41, 5.74) is 0. The highest BCUT2D eigenvalue weighted by Crippen LogP contribution is 2.11. The van der Waals surface area contributed by atoms with Crippen LogP contribution in [0.5, 0.6) is 0 Å². The fourth-order valence-corrected chi connectivity index (χ4v) is 0.783. The number of amides is 1. The van der Waals surface area contributed by atoms with E-state index in [4.69, 9.17) is 0 Å². The first-order valence-corrected chi connectivity index (χ1v) is 2.55. The van der Waals surface area contributed by atoms with E-state index < -0.39 is 0 Å². The SMILES string of the molecule is O=C1[CH]n2ccnc2N1. The number of imidazole rings is 1. The number of carbonyl (C=O) groups is 1. The third-order valence-electron chi connectivity index (χ3n) is 1.16. The van der Waals surface area contributed by atoms with Crippen molar-refractivity contribution in [1.82, 2.24) is 9.55 Å². The van der Waals surface area contributed by atoms with Crippen LogP contribution in [0, 0.1) is 6.54 Å². The van der Waals surface area contributed by atoms with Gasteiger partial charge in [-0.25, -0.2) is 4.98 Å². The lowest BCUT2D eigenvalue weighted by molar-refractivity contribution is -0.112. The van der Waals surface area contributed by atoms with Crippen molar-refractivity contribution >= 4 is 11.9 Å². The van der Waals surface area contributed by atoms with Gasteiger partial charge >= 0.3 is 0 Å². The second-order valence-corrected chi connectivity index (χ2v) is 1.78. The number of anilines is 1. The Labute approximate surface area is 51.5 Å². The van der Waals surface area contributed by atoms with Gasteiger partial charge in [-0.3, -0.25) is 10.1 Å². The molecule has 2 rings (SSSR count).